The van der Waals surface area contributed by atoms with Crippen molar-refractivity contribution in [2.45, 2.75) is 19.3 Å². The average molecular weight is 375 g/mol. The lowest BCUT2D eigenvalue weighted by atomic mass is 9.79. The van der Waals surface area contributed by atoms with Gasteiger partial charge in [-0.05, 0) is 44.0 Å². The minimum Gasteiger partial charge on any atom is -0.494 e. The van der Waals surface area contributed by atoms with Crippen LogP contribution in [0.15, 0.2) is 22.7 Å². The van der Waals surface area contributed by atoms with Crippen molar-refractivity contribution in [3.63, 3.8) is 0 Å². The summed E-state index contributed by atoms with van der Waals surface area (Å²) in [7, 11) is 1.36. The van der Waals surface area contributed by atoms with Gasteiger partial charge in [-0.1, -0.05) is 5.16 Å². The van der Waals surface area contributed by atoms with Crippen LogP contribution in [0.3, 0.4) is 0 Å². The highest BCUT2D eigenvalue weighted by Crippen LogP contribution is 2.40. The lowest BCUT2D eigenvalue weighted by Crippen LogP contribution is -2.45. The number of methoxy groups -OCH3 is 1. The number of halogens is 1. The van der Waals surface area contributed by atoms with E-state index < -0.39 is 11.8 Å². The molecule has 8 heteroatoms. The second-order valence-electron chi connectivity index (χ2n) is 7.32. The van der Waals surface area contributed by atoms with Gasteiger partial charge in [0.1, 0.15) is 0 Å². The Labute approximate surface area is 156 Å². The number of ether oxygens (including phenoxy) is 1. The van der Waals surface area contributed by atoms with Crippen LogP contribution in [-0.2, 0) is 0 Å². The fourth-order valence-corrected chi connectivity index (χ4v) is 4.22. The van der Waals surface area contributed by atoms with E-state index in [0.717, 1.165) is 45.4 Å². The van der Waals surface area contributed by atoms with Crippen LogP contribution in [0.2, 0.25) is 0 Å². The zero-order valence-electron chi connectivity index (χ0n) is 15.1. The molecule has 2 fully saturated rings. The van der Waals surface area contributed by atoms with Crippen LogP contribution in [-0.4, -0.2) is 49.5 Å². The summed E-state index contributed by atoms with van der Waals surface area (Å²) in [5.74, 6) is -1.17. The Hall–Kier alpha value is -2.61. The third-order valence-corrected chi connectivity index (χ3v) is 5.59. The van der Waals surface area contributed by atoms with E-state index in [-0.39, 0.29) is 22.5 Å². The number of carbonyl (C=O) groups is 1. The molecule has 144 valence electrons. The highest BCUT2D eigenvalue weighted by molar-refractivity contribution is 5.99. The van der Waals surface area contributed by atoms with Crippen LogP contribution in [0, 0.1) is 11.2 Å². The third kappa shape index (κ3) is 3.14. The molecule has 2 aliphatic heterocycles. The first kappa shape index (κ1) is 17.8. The highest BCUT2D eigenvalue weighted by atomic mass is 19.1. The predicted octanol–water partition coefficient (Wildman–Crippen LogP) is 2.77. The maximum Gasteiger partial charge on any atom is 0.343 e. The molecule has 2 aromatic rings. The highest BCUT2D eigenvalue weighted by Gasteiger charge is 2.40. The Bertz CT molecular complexity index is 861. The lowest BCUT2D eigenvalue weighted by Gasteiger charge is -2.40. The van der Waals surface area contributed by atoms with Crippen molar-refractivity contribution in [1.29, 1.82) is 0 Å². The topological polar surface area (TPSA) is 87.8 Å². The number of carboxylic acids is 1. The summed E-state index contributed by atoms with van der Waals surface area (Å²) in [6, 6.07) is 4.11. The molecule has 2 aliphatic rings. The first-order chi connectivity index (χ1) is 13.0. The molecule has 2 saturated heterocycles. The number of rotatable bonds is 4. The number of nitrogens with one attached hydrogen (secondary N) is 1. The molecule has 0 radical (unpaired) electrons. The third-order valence-electron chi connectivity index (χ3n) is 5.59. The Balaban J connectivity index is 1.72. The van der Waals surface area contributed by atoms with E-state index in [2.05, 4.69) is 10.5 Å². The fraction of sp³-hybridized carbons (Fsp3) is 0.474. The Kier molecular flexibility index (Phi) is 4.51. The van der Waals surface area contributed by atoms with Crippen molar-refractivity contribution in [1.82, 2.24) is 10.5 Å². The number of carboxylic acid groups (broad SMARTS) is 1. The van der Waals surface area contributed by atoms with Gasteiger partial charge < -0.3 is 24.6 Å². The minimum atomic E-state index is -1.12. The second kappa shape index (κ2) is 6.84. The van der Waals surface area contributed by atoms with Gasteiger partial charge in [0.25, 0.3) is 0 Å². The molecule has 7 nitrogen and oxygen atoms in total. The molecule has 1 unspecified atom stereocenters. The zero-order chi connectivity index (χ0) is 19.0. The van der Waals surface area contributed by atoms with Crippen LogP contribution >= 0.6 is 0 Å². The normalized spacial score (nSPS) is 22.4. The Morgan fingerprint density at radius 3 is 3.00 bits per heavy atom. The summed E-state index contributed by atoms with van der Waals surface area (Å²) in [6.45, 7) is 3.41. The van der Waals surface area contributed by atoms with Crippen LogP contribution < -0.4 is 15.0 Å². The number of anilines is 1. The molecule has 0 saturated carbocycles. The molecule has 2 N–H and O–H groups in total. The van der Waals surface area contributed by atoms with Gasteiger partial charge in [-0.2, -0.15) is 0 Å². The Morgan fingerprint density at radius 1 is 1.44 bits per heavy atom. The second-order valence-corrected chi connectivity index (χ2v) is 7.32. The largest absolute Gasteiger partial charge is 0.494 e. The van der Waals surface area contributed by atoms with Crippen molar-refractivity contribution in [3.8, 4) is 17.1 Å². The quantitative estimate of drug-likeness (QED) is 0.849. The molecular weight excluding hydrogens is 353 g/mol. The van der Waals surface area contributed by atoms with Gasteiger partial charge in [0.2, 0.25) is 0 Å². The number of nitrogens with zero attached hydrogens (tertiary/aromatic N) is 2. The number of piperidine rings is 1. The summed E-state index contributed by atoms with van der Waals surface area (Å²) >= 11 is 0. The molecule has 1 atom stereocenters. The molecule has 4 rings (SSSR count). The first-order valence-corrected chi connectivity index (χ1v) is 9.05. The van der Waals surface area contributed by atoms with Crippen LogP contribution in [0.25, 0.3) is 11.3 Å². The fourth-order valence-electron chi connectivity index (χ4n) is 4.22. The van der Waals surface area contributed by atoms with Gasteiger partial charge in [-0.3, -0.25) is 0 Å². The monoisotopic (exact) mass is 375 g/mol. The number of aromatic nitrogens is 1. The van der Waals surface area contributed by atoms with Gasteiger partial charge in [-0.25, -0.2) is 9.18 Å². The van der Waals surface area contributed by atoms with Crippen molar-refractivity contribution >= 4 is 11.8 Å². The number of aromatic carboxylic acids is 1. The summed E-state index contributed by atoms with van der Waals surface area (Å²) in [4.78, 5) is 14.0. The molecule has 0 bridgehead atoms. The molecule has 1 aromatic heterocycles. The Morgan fingerprint density at radius 2 is 2.30 bits per heavy atom. The molecular formula is C19H22FN3O4. The SMILES string of the molecule is COc1cc(-c2onc(N3CCCC4(CCNC4)C3)c2C(=O)O)ccc1F. The van der Waals surface area contributed by atoms with Crippen LogP contribution in [0.1, 0.15) is 29.6 Å². The van der Waals surface area contributed by atoms with Gasteiger partial charge in [0, 0.05) is 30.6 Å². The minimum absolute atomic E-state index is 0.00617. The van der Waals surface area contributed by atoms with Crippen molar-refractivity contribution < 1.29 is 23.6 Å². The summed E-state index contributed by atoms with van der Waals surface area (Å²) in [6.07, 6.45) is 3.18. The van der Waals surface area contributed by atoms with E-state index in [0.29, 0.717) is 11.4 Å². The predicted molar refractivity (Wildman–Crippen MR) is 96.8 cm³/mol. The standard InChI is InChI=1S/C19H22FN3O4/c1-26-14-9-12(3-4-13(14)20)16-15(18(24)25)17(22-27-16)23-8-2-5-19(11-23)6-7-21-10-19/h3-4,9,21H,2,5-8,10-11H2,1H3,(H,24,25). The lowest BCUT2D eigenvalue weighted by molar-refractivity contribution is 0.0697. The van der Waals surface area contributed by atoms with Crippen molar-refractivity contribution in [3.05, 3.63) is 29.6 Å². The molecule has 0 aliphatic carbocycles. The molecule has 27 heavy (non-hydrogen) atoms. The van der Waals surface area contributed by atoms with Gasteiger partial charge in [0.05, 0.1) is 7.11 Å². The van der Waals surface area contributed by atoms with Gasteiger partial charge in [0.15, 0.2) is 28.7 Å². The van der Waals surface area contributed by atoms with E-state index in [9.17, 15) is 14.3 Å². The van der Waals surface area contributed by atoms with E-state index >= 15 is 0 Å². The smallest absolute Gasteiger partial charge is 0.343 e. The van der Waals surface area contributed by atoms with E-state index in [4.69, 9.17) is 9.26 Å². The van der Waals surface area contributed by atoms with E-state index in [1.54, 1.807) is 0 Å². The molecule has 0 amide bonds. The number of hydrogen-bond acceptors (Lipinski definition) is 6. The number of hydrogen-bond donors (Lipinski definition) is 2. The van der Waals surface area contributed by atoms with Crippen LogP contribution in [0.5, 0.6) is 5.75 Å². The summed E-state index contributed by atoms with van der Waals surface area (Å²) < 4.78 is 24.1. The van der Waals surface area contributed by atoms with Crippen molar-refractivity contribution in [2.24, 2.45) is 5.41 Å². The van der Waals surface area contributed by atoms with E-state index in [1.165, 1.54) is 25.3 Å². The average Bonchev–Trinajstić information content (AvgIpc) is 3.29. The van der Waals surface area contributed by atoms with Crippen molar-refractivity contribution in [2.75, 3.05) is 38.2 Å². The molecule has 3 heterocycles. The maximum atomic E-state index is 13.7. The first-order valence-electron chi connectivity index (χ1n) is 9.05. The van der Waals surface area contributed by atoms with Gasteiger partial charge in [-0.15, -0.1) is 0 Å². The molecule has 1 aromatic carbocycles. The van der Waals surface area contributed by atoms with Crippen LogP contribution in [0.4, 0.5) is 10.2 Å². The summed E-state index contributed by atoms with van der Waals surface area (Å²) in [5.41, 5.74) is 0.581. The maximum absolute atomic E-state index is 13.7. The number of benzene rings is 1. The van der Waals surface area contributed by atoms with Gasteiger partial charge >= 0.3 is 5.97 Å². The summed E-state index contributed by atoms with van der Waals surface area (Å²) in [5, 5.41) is 17.3. The van der Waals surface area contributed by atoms with E-state index in [1.807, 2.05) is 4.90 Å². The zero-order valence-corrected chi connectivity index (χ0v) is 15.1. The molecule has 1 spiro atoms.